The van der Waals surface area contributed by atoms with Crippen molar-refractivity contribution in [3.8, 4) is 0 Å². The molecule has 1 fully saturated rings. The molecule has 1 saturated heterocycles. The van der Waals surface area contributed by atoms with Gasteiger partial charge in [0.05, 0.1) is 19.3 Å². The highest BCUT2D eigenvalue weighted by Crippen LogP contribution is 2.13. The highest BCUT2D eigenvalue weighted by molar-refractivity contribution is 5.68. The van der Waals surface area contributed by atoms with Crippen molar-refractivity contribution in [2.75, 3.05) is 26.2 Å². The van der Waals surface area contributed by atoms with Gasteiger partial charge in [-0.25, -0.2) is 4.79 Å². The van der Waals surface area contributed by atoms with Gasteiger partial charge < -0.3 is 19.7 Å². The quantitative estimate of drug-likeness (QED) is 0.928. The fourth-order valence-electron chi connectivity index (χ4n) is 2.31. The third-order valence-corrected chi connectivity index (χ3v) is 3.33. The first kappa shape index (κ1) is 16.8. The lowest BCUT2D eigenvalue weighted by Crippen LogP contribution is -2.50. The summed E-state index contributed by atoms with van der Waals surface area (Å²) in [5.74, 6) is 0. The van der Waals surface area contributed by atoms with Gasteiger partial charge in [-0.2, -0.15) is 0 Å². The Morgan fingerprint density at radius 1 is 1.36 bits per heavy atom. The van der Waals surface area contributed by atoms with Crippen molar-refractivity contribution in [2.24, 2.45) is 0 Å². The number of amides is 1. The molecule has 1 N–H and O–H groups in total. The highest BCUT2D eigenvalue weighted by Gasteiger charge is 2.27. The summed E-state index contributed by atoms with van der Waals surface area (Å²) in [7, 11) is 0. The number of carbonyl (C=O) groups excluding carboxylic acids is 1. The number of rotatable bonds is 4. The fraction of sp³-hybridized carbons (Fsp3) is 0.588. The number of nitrogens with one attached hydrogen (secondary N) is 1. The van der Waals surface area contributed by atoms with Crippen molar-refractivity contribution >= 4 is 6.09 Å². The van der Waals surface area contributed by atoms with E-state index in [0.29, 0.717) is 26.2 Å². The minimum Gasteiger partial charge on any atom is -0.444 e. The van der Waals surface area contributed by atoms with Gasteiger partial charge in [0.1, 0.15) is 5.60 Å². The molecule has 2 rings (SSSR count). The summed E-state index contributed by atoms with van der Waals surface area (Å²) >= 11 is 0. The third kappa shape index (κ3) is 5.66. The zero-order valence-corrected chi connectivity index (χ0v) is 13.7. The van der Waals surface area contributed by atoms with Gasteiger partial charge in [0, 0.05) is 19.6 Å². The number of nitrogens with zero attached hydrogens (tertiary/aromatic N) is 1. The first-order valence-electron chi connectivity index (χ1n) is 7.78. The van der Waals surface area contributed by atoms with Crippen LogP contribution < -0.4 is 5.32 Å². The second kappa shape index (κ2) is 7.61. The molecule has 1 amide bonds. The third-order valence-electron chi connectivity index (χ3n) is 3.33. The topological polar surface area (TPSA) is 50.8 Å². The lowest BCUT2D eigenvalue weighted by molar-refractivity contribution is -0.0411. The Kier molecular flexibility index (Phi) is 5.80. The van der Waals surface area contributed by atoms with Gasteiger partial charge in [-0.05, 0) is 26.3 Å². The summed E-state index contributed by atoms with van der Waals surface area (Å²) in [6, 6.07) is 10.2. The maximum Gasteiger partial charge on any atom is 0.410 e. The maximum absolute atomic E-state index is 12.1. The Labute approximate surface area is 132 Å². The van der Waals surface area contributed by atoms with Crippen LogP contribution in [-0.2, 0) is 16.0 Å². The summed E-state index contributed by atoms with van der Waals surface area (Å²) in [5.41, 5.74) is 0.776. The molecule has 1 unspecified atom stereocenters. The van der Waals surface area contributed by atoms with Gasteiger partial charge in [-0.3, -0.25) is 0 Å². The zero-order chi connectivity index (χ0) is 16.0. The molecule has 0 radical (unpaired) electrons. The molecule has 1 aliphatic heterocycles. The van der Waals surface area contributed by atoms with Crippen molar-refractivity contribution in [2.45, 2.75) is 39.0 Å². The molecule has 1 aromatic carbocycles. The molecule has 0 bridgehead atoms. The molecular weight excluding hydrogens is 280 g/mol. The van der Waals surface area contributed by atoms with Gasteiger partial charge in [0.2, 0.25) is 0 Å². The van der Waals surface area contributed by atoms with Crippen LogP contribution in [0.1, 0.15) is 26.3 Å². The molecular formula is C17H26N2O3. The highest BCUT2D eigenvalue weighted by atomic mass is 16.6. The molecule has 122 valence electrons. The Bertz CT molecular complexity index is 471. The fourth-order valence-corrected chi connectivity index (χ4v) is 2.31. The van der Waals surface area contributed by atoms with Gasteiger partial charge in [-0.1, -0.05) is 30.3 Å². The summed E-state index contributed by atoms with van der Waals surface area (Å²) in [4.78, 5) is 13.8. The number of carbonyl (C=O) groups is 1. The van der Waals surface area contributed by atoms with Crippen LogP contribution in [0.3, 0.4) is 0 Å². The molecule has 5 nitrogen and oxygen atoms in total. The summed E-state index contributed by atoms with van der Waals surface area (Å²) in [5, 5.41) is 3.38. The molecule has 0 aliphatic carbocycles. The molecule has 5 heteroatoms. The second-order valence-electron chi connectivity index (χ2n) is 6.54. The number of morpholine rings is 1. The zero-order valence-electron chi connectivity index (χ0n) is 13.7. The molecule has 1 heterocycles. The summed E-state index contributed by atoms with van der Waals surface area (Å²) in [6.07, 6.45) is -0.256. The number of benzene rings is 1. The normalized spacial score (nSPS) is 19.0. The molecule has 0 saturated carbocycles. The van der Waals surface area contributed by atoms with E-state index in [1.807, 2.05) is 39.0 Å². The van der Waals surface area contributed by atoms with E-state index in [4.69, 9.17) is 9.47 Å². The lowest BCUT2D eigenvalue weighted by atomic mass is 10.2. The first-order chi connectivity index (χ1) is 10.4. The van der Waals surface area contributed by atoms with E-state index in [0.717, 1.165) is 6.54 Å². The molecule has 1 aliphatic rings. The molecule has 0 spiro atoms. The first-order valence-corrected chi connectivity index (χ1v) is 7.78. The largest absolute Gasteiger partial charge is 0.444 e. The number of hydrogen-bond donors (Lipinski definition) is 1. The van der Waals surface area contributed by atoms with Gasteiger partial charge in [-0.15, -0.1) is 0 Å². The van der Waals surface area contributed by atoms with Crippen LogP contribution >= 0.6 is 0 Å². The smallest absolute Gasteiger partial charge is 0.410 e. The average Bonchev–Trinajstić information content (AvgIpc) is 2.47. The molecule has 1 aromatic rings. The van der Waals surface area contributed by atoms with Crippen LogP contribution in [-0.4, -0.2) is 48.9 Å². The predicted octanol–water partition coefficient (Wildman–Crippen LogP) is 2.41. The van der Waals surface area contributed by atoms with E-state index < -0.39 is 5.60 Å². The van der Waals surface area contributed by atoms with E-state index in [2.05, 4.69) is 17.4 Å². The standard InChI is InChI=1S/C17H26N2O3/c1-17(2,3)22-16(20)19-9-10-21-15(13-19)12-18-11-14-7-5-4-6-8-14/h4-8,15,18H,9-13H2,1-3H3. The van der Waals surface area contributed by atoms with Crippen LogP contribution in [0.2, 0.25) is 0 Å². The minimum atomic E-state index is -0.462. The van der Waals surface area contributed by atoms with Crippen LogP contribution in [0, 0.1) is 0 Å². The molecule has 1 atom stereocenters. The van der Waals surface area contributed by atoms with Crippen LogP contribution in [0.5, 0.6) is 0 Å². The van der Waals surface area contributed by atoms with E-state index >= 15 is 0 Å². The van der Waals surface area contributed by atoms with Crippen molar-refractivity contribution in [1.82, 2.24) is 10.2 Å². The Morgan fingerprint density at radius 2 is 2.09 bits per heavy atom. The van der Waals surface area contributed by atoms with E-state index in [1.54, 1.807) is 4.90 Å². The lowest BCUT2D eigenvalue weighted by Gasteiger charge is -2.34. The predicted molar refractivity (Wildman–Crippen MR) is 85.7 cm³/mol. The van der Waals surface area contributed by atoms with Crippen LogP contribution in [0.25, 0.3) is 0 Å². The van der Waals surface area contributed by atoms with Gasteiger partial charge in [0.15, 0.2) is 0 Å². The van der Waals surface area contributed by atoms with Crippen LogP contribution in [0.15, 0.2) is 30.3 Å². The maximum atomic E-state index is 12.1. The summed E-state index contributed by atoms with van der Waals surface area (Å²) < 4.78 is 11.1. The van der Waals surface area contributed by atoms with Gasteiger partial charge >= 0.3 is 6.09 Å². The molecule has 0 aromatic heterocycles. The summed E-state index contributed by atoms with van der Waals surface area (Å²) in [6.45, 7) is 8.86. The number of hydrogen-bond acceptors (Lipinski definition) is 4. The average molecular weight is 306 g/mol. The van der Waals surface area contributed by atoms with Crippen molar-refractivity contribution in [3.05, 3.63) is 35.9 Å². The van der Waals surface area contributed by atoms with E-state index in [9.17, 15) is 4.79 Å². The van der Waals surface area contributed by atoms with Crippen molar-refractivity contribution < 1.29 is 14.3 Å². The van der Waals surface area contributed by atoms with Crippen molar-refractivity contribution in [3.63, 3.8) is 0 Å². The monoisotopic (exact) mass is 306 g/mol. The number of ether oxygens (including phenoxy) is 2. The van der Waals surface area contributed by atoms with Crippen molar-refractivity contribution in [1.29, 1.82) is 0 Å². The minimum absolute atomic E-state index is 0.00461. The Hall–Kier alpha value is -1.59. The van der Waals surface area contributed by atoms with E-state index in [-0.39, 0.29) is 12.2 Å². The van der Waals surface area contributed by atoms with Crippen LogP contribution in [0.4, 0.5) is 4.79 Å². The second-order valence-corrected chi connectivity index (χ2v) is 6.54. The Balaban J connectivity index is 1.75. The SMILES string of the molecule is CC(C)(C)OC(=O)N1CCOC(CNCc2ccccc2)C1. The molecule has 22 heavy (non-hydrogen) atoms. The Morgan fingerprint density at radius 3 is 2.77 bits per heavy atom. The van der Waals surface area contributed by atoms with E-state index in [1.165, 1.54) is 5.56 Å². The van der Waals surface area contributed by atoms with Gasteiger partial charge in [0.25, 0.3) is 0 Å².